The molecule has 0 aliphatic heterocycles. The highest BCUT2D eigenvalue weighted by Crippen LogP contribution is 2.30. The summed E-state index contributed by atoms with van der Waals surface area (Å²) in [4.78, 5) is 0. The predicted octanol–water partition coefficient (Wildman–Crippen LogP) is 2.17. The zero-order valence-electron chi connectivity index (χ0n) is 10.4. The van der Waals surface area contributed by atoms with Gasteiger partial charge in [0.2, 0.25) is 0 Å². The first-order chi connectivity index (χ1) is 8.16. The molecular formula is C14H21NO2. The van der Waals surface area contributed by atoms with Crippen LogP contribution in [0.25, 0.3) is 0 Å². The monoisotopic (exact) mass is 235 g/mol. The van der Waals surface area contributed by atoms with Gasteiger partial charge in [0.1, 0.15) is 5.75 Å². The highest BCUT2D eigenvalue weighted by molar-refractivity contribution is 5.39. The summed E-state index contributed by atoms with van der Waals surface area (Å²) in [6.07, 6.45) is 3.70. The molecule has 0 radical (unpaired) electrons. The number of hydrogen-bond donors (Lipinski definition) is 2. The molecule has 3 nitrogen and oxygen atoms in total. The maximum absolute atomic E-state index is 9.16. The second kappa shape index (κ2) is 5.52. The third-order valence-corrected chi connectivity index (χ3v) is 3.28. The molecule has 0 amide bonds. The number of ether oxygens (including phenoxy) is 1. The van der Waals surface area contributed by atoms with Gasteiger partial charge < -0.3 is 15.6 Å². The summed E-state index contributed by atoms with van der Waals surface area (Å²) in [5, 5.41) is 9.16. The van der Waals surface area contributed by atoms with Crippen molar-refractivity contribution in [3.05, 3.63) is 29.3 Å². The largest absolute Gasteiger partial charge is 0.493 e. The van der Waals surface area contributed by atoms with Crippen LogP contribution in [0.1, 0.15) is 43.4 Å². The van der Waals surface area contributed by atoms with Gasteiger partial charge >= 0.3 is 0 Å². The first-order valence-electron chi connectivity index (χ1n) is 6.36. The quantitative estimate of drug-likeness (QED) is 0.841. The number of hydrogen-bond acceptors (Lipinski definition) is 3. The molecule has 0 fully saturated rings. The summed E-state index contributed by atoms with van der Waals surface area (Å²) < 4.78 is 5.62. The molecule has 1 aromatic rings. The van der Waals surface area contributed by atoms with Crippen molar-refractivity contribution >= 4 is 0 Å². The molecule has 1 aromatic carbocycles. The van der Waals surface area contributed by atoms with Gasteiger partial charge in [-0.25, -0.2) is 0 Å². The average Bonchev–Trinajstić information content (AvgIpc) is 2.30. The molecule has 0 saturated heterocycles. The maximum atomic E-state index is 9.16. The lowest BCUT2D eigenvalue weighted by Crippen LogP contribution is -2.17. The van der Waals surface area contributed by atoms with Crippen molar-refractivity contribution in [1.29, 1.82) is 0 Å². The van der Waals surface area contributed by atoms with E-state index in [4.69, 9.17) is 15.6 Å². The van der Waals surface area contributed by atoms with Gasteiger partial charge in [0.25, 0.3) is 0 Å². The van der Waals surface area contributed by atoms with Crippen LogP contribution in [0.5, 0.6) is 5.75 Å². The fourth-order valence-electron chi connectivity index (χ4n) is 2.25. The van der Waals surface area contributed by atoms with E-state index < -0.39 is 0 Å². The molecule has 1 aliphatic carbocycles. The number of rotatable bonds is 4. The molecule has 2 rings (SSSR count). The smallest absolute Gasteiger partial charge is 0.119 e. The Morgan fingerprint density at radius 2 is 2.35 bits per heavy atom. The van der Waals surface area contributed by atoms with Crippen molar-refractivity contribution in [3.8, 4) is 5.75 Å². The number of aliphatic hydroxyl groups excluding tert-OH is 1. The molecule has 2 unspecified atom stereocenters. The van der Waals surface area contributed by atoms with Crippen LogP contribution in [0, 0.1) is 0 Å². The highest BCUT2D eigenvalue weighted by Gasteiger charge is 2.17. The Labute approximate surface area is 103 Å². The van der Waals surface area contributed by atoms with Crippen LogP contribution < -0.4 is 10.5 Å². The van der Waals surface area contributed by atoms with Gasteiger partial charge in [0.15, 0.2) is 0 Å². The minimum absolute atomic E-state index is 0.152. The third kappa shape index (κ3) is 3.20. The van der Waals surface area contributed by atoms with Crippen molar-refractivity contribution in [2.75, 3.05) is 6.61 Å². The summed E-state index contributed by atoms with van der Waals surface area (Å²) in [6, 6.07) is 6.32. The molecule has 3 heteroatoms. The summed E-state index contributed by atoms with van der Waals surface area (Å²) in [5.41, 5.74) is 8.68. The Bertz CT molecular complexity index is 376. The first kappa shape index (κ1) is 12.4. The Balaban J connectivity index is 2.02. The fourth-order valence-corrected chi connectivity index (χ4v) is 2.25. The molecule has 0 heterocycles. The Hall–Kier alpha value is -1.06. The van der Waals surface area contributed by atoms with Gasteiger partial charge in [-0.3, -0.25) is 0 Å². The summed E-state index contributed by atoms with van der Waals surface area (Å²) in [7, 11) is 0. The van der Waals surface area contributed by atoms with Crippen molar-refractivity contribution < 1.29 is 9.84 Å². The SMILES string of the molecule is CC(O)CCOc1ccc2c(c1)C(N)CCC2. The highest BCUT2D eigenvalue weighted by atomic mass is 16.5. The van der Waals surface area contributed by atoms with Crippen LogP contribution in [0.2, 0.25) is 0 Å². The van der Waals surface area contributed by atoms with E-state index in [9.17, 15) is 0 Å². The summed E-state index contributed by atoms with van der Waals surface area (Å²) in [6.45, 7) is 2.32. The zero-order valence-corrected chi connectivity index (χ0v) is 10.4. The molecule has 0 spiro atoms. The number of fused-ring (bicyclic) bond motifs is 1. The molecule has 17 heavy (non-hydrogen) atoms. The zero-order chi connectivity index (χ0) is 12.3. The van der Waals surface area contributed by atoms with E-state index in [0.29, 0.717) is 13.0 Å². The van der Waals surface area contributed by atoms with Crippen LogP contribution in [0.15, 0.2) is 18.2 Å². The van der Waals surface area contributed by atoms with Gasteiger partial charge in [0, 0.05) is 12.5 Å². The van der Waals surface area contributed by atoms with Crippen molar-refractivity contribution in [2.24, 2.45) is 5.73 Å². The minimum Gasteiger partial charge on any atom is -0.493 e. The second-order valence-corrected chi connectivity index (χ2v) is 4.85. The number of aryl methyl sites for hydroxylation is 1. The van der Waals surface area contributed by atoms with E-state index in [1.165, 1.54) is 17.5 Å². The van der Waals surface area contributed by atoms with E-state index in [1.54, 1.807) is 6.92 Å². The normalized spacial score (nSPS) is 20.8. The van der Waals surface area contributed by atoms with Crippen molar-refractivity contribution in [3.63, 3.8) is 0 Å². The van der Waals surface area contributed by atoms with Gasteiger partial charge in [0.05, 0.1) is 12.7 Å². The second-order valence-electron chi connectivity index (χ2n) is 4.85. The number of nitrogens with two attached hydrogens (primary N) is 1. The Morgan fingerprint density at radius 3 is 3.12 bits per heavy atom. The molecule has 94 valence electrons. The van der Waals surface area contributed by atoms with E-state index in [1.807, 2.05) is 6.07 Å². The van der Waals surface area contributed by atoms with Gasteiger partial charge in [-0.2, -0.15) is 0 Å². The predicted molar refractivity (Wildman–Crippen MR) is 68.1 cm³/mol. The molecule has 0 aromatic heterocycles. The molecule has 3 N–H and O–H groups in total. The summed E-state index contributed by atoms with van der Waals surface area (Å²) in [5.74, 6) is 0.863. The Morgan fingerprint density at radius 1 is 1.53 bits per heavy atom. The topological polar surface area (TPSA) is 55.5 Å². The molecule has 0 bridgehead atoms. The fraction of sp³-hybridized carbons (Fsp3) is 0.571. The number of benzene rings is 1. The van der Waals surface area contributed by atoms with Crippen molar-refractivity contribution in [1.82, 2.24) is 0 Å². The van der Waals surface area contributed by atoms with Crippen LogP contribution >= 0.6 is 0 Å². The average molecular weight is 235 g/mol. The third-order valence-electron chi connectivity index (χ3n) is 3.28. The van der Waals surface area contributed by atoms with Crippen LogP contribution in [-0.4, -0.2) is 17.8 Å². The lowest BCUT2D eigenvalue weighted by Gasteiger charge is -2.22. The Kier molecular flexibility index (Phi) is 4.02. The van der Waals surface area contributed by atoms with Crippen LogP contribution in [0.3, 0.4) is 0 Å². The van der Waals surface area contributed by atoms with E-state index in [-0.39, 0.29) is 12.1 Å². The molecular weight excluding hydrogens is 214 g/mol. The standard InChI is InChI=1S/C14H21NO2/c1-10(16)7-8-17-12-6-5-11-3-2-4-14(15)13(11)9-12/h5-6,9-10,14,16H,2-4,7-8,15H2,1H3. The van der Waals surface area contributed by atoms with Crippen molar-refractivity contribution in [2.45, 2.75) is 44.8 Å². The minimum atomic E-state index is -0.310. The summed E-state index contributed by atoms with van der Waals surface area (Å²) >= 11 is 0. The first-order valence-corrected chi connectivity index (χ1v) is 6.36. The van der Waals surface area contributed by atoms with E-state index in [0.717, 1.165) is 18.6 Å². The van der Waals surface area contributed by atoms with Crippen LogP contribution in [0.4, 0.5) is 0 Å². The number of aliphatic hydroxyl groups is 1. The molecule has 0 saturated carbocycles. The van der Waals surface area contributed by atoms with Gasteiger partial charge in [-0.15, -0.1) is 0 Å². The van der Waals surface area contributed by atoms with Gasteiger partial charge in [-0.1, -0.05) is 6.07 Å². The maximum Gasteiger partial charge on any atom is 0.119 e. The van der Waals surface area contributed by atoms with E-state index >= 15 is 0 Å². The molecule has 2 atom stereocenters. The van der Waals surface area contributed by atoms with Gasteiger partial charge in [-0.05, 0) is 49.4 Å². The lowest BCUT2D eigenvalue weighted by atomic mass is 9.88. The van der Waals surface area contributed by atoms with E-state index in [2.05, 4.69) is 12.1 Å². The lowest BCUT2D eigenvalue weighted by molar-refractivity contribution is 0.155. The molecule has 1 aliphatic rings. The van der Waals surface area contributed by atoms with Crippen LogP contribution in [-0.2, 0) is 6.42 Å².